The Morgan fingerprint density at radius 3 is 2.58 bits per heavy atom. The summed E-state index contributed by atoms with van der Waals surface area (Å²) >= 11 is 0. The van der Waals surface area contributed by atoms with Crippen molar-refractivity contribution in [2.45, 2.75) is 45.6 Å². The minimum atomic E-state index is 0.558. The molecule has 1 spiro atoms. The van der Waals surface area contributed by atoms with Crippen LogP contribution in [0, 0.1) is 22.7 Å². The first-order chi connectivity index (χ1) is 5.68. The van der Waals surface area contributed by atoms with Crippen LogP contribution in [0.5, 0.6) is 0 Å². The average molecular weight is 165 g/mol. The first kappa shape index (κ1) is 7.37. The summed E-state index contributed by atoms with van der Waals surface area (Å²) in [6.07, 6.45) is 5.74. The van der Waals surface area contributed by atoms with Gasteiger partial charge in [-0.15, -0.1) is 0 Å². The molecule has 0 radical (unpaired) electrons. The van der Waals surface area contributed by atoms with Crippen LogP contribution in [-0.2, 0) is 0 Å². The van der Waals surface area contributed by atoms with Crippen molar-refractivity contribution in [2.24, 2.45) is 28.4 Å². The van der Waals surface area contributed by atoms with Crippen molar-refractivity contribution in [3.63, 3.8) is 0 Å². The topological polar surface area (TPSA) is 26.0 Å². The second-order valence-electron chi connectivity index (χ2n) is 5.38. The summed E-state index contributed by atoms with van der Waals surface area (Å²) in [5, 5.41) is 0. The van der Waals surface area contributed by atoms with Crippen LogP contribution < -0.4 is 5.73 Å². The molecule has 1 heteroatoms. The molecule has 0 aromatic heterocycles. The second kappa shape index (κ2) is 1.75. The maximum absolute atomic E-state index is 6.25. The lowest BCUT2D eigenvalue weighted by Crippen LogP contribution is -2.32. The molecular formula is C11H19N. The summed E-state index contributed by atoms with van der Waals surface area (Å²) in [5.41, 5.74) is 7.45. The molecule has 0 saturated heterocycles. The Labute approximate surface area is 74.7 Å². The fourth-order valence-electron chi connectivity index (χ4n) is 4.70. The molecule has 1 nitrogen and oxygen atoms in total. The molecule has 0 aromatic carbocycles. The molecule has 0 aliphatic heterocycles. The van der Waals surface area contributed by atoms with Gasteiger partial charge in [0.15, 0.2) is 0 Å². The van der Waals surface area contributed by atoms with E-state index in [1.165, 1.54) is 25.7 Å². The fraction of sp³-hybridized carbons (Fsp3) is 1.00. The Kier molecular flexibility index (Phi) is 1.07. The molecule has 0 amide bonds. The van der Waals surface area contributed by atoms with Gasteiger partial charge in [0.1, 0.15) is 0 Å². The average Bonchev–Trinajstić information content (AvgIpc) is 2.45. The van der Waals surface area contributed by atoms with Gasteiger partial charge in [-0.25, -0.2) is 0 Å². The van der Waals surface area contributed by atoms with E-state index in [9.17, 15) is 0 Å². The van der Waals surface area contributed by atoms with Crippen molar-refractivity contribution in [2.75, 3.05) is 0 Å². The number of nitrogens with two attached hydrogens (primary N) is 1. The van der Waals surface area contributed by atoms with Gasteiger partial charge in [0, 0.05) is 6.04 Å². The van der Waals surface area contributed by atoms with Crippen molar-refractivity contribution in [1.29, 1.82) is 0 Å². The van der Waals surface area contributed by atoms with E-state index >= 15 is 0 Å². The summed E-state index contributed by atoms with van der Waals surface area (Å²) in [5.74, 6) is 1.96. The first-order valence-corrected chi connectivity index (χ1v) is 5.43. The number of hydrogen-bond donors (Lipinski definition) is 1. The molecule has 5 unspecified atom stereocenters. The van der Waals surface area contributed by atoms with E-state index in [-0.39, 0.29) is 0 Å². The van der Waals surface area contributed by atoms with Crippen molar-refractivity contribution < 1.29 is 0 Å². The van der Waals surface area contributed by atoms with Crippen molar-refractivity contribution in [1.82, 2.24) is 0 Å². The maximum Gasteiger partial charge on any atom is 0.0167 e. The molecule has 12 heavy (non-hydrogen) atoms. The second-order valence-corrected chi connectivity index (χ2v) is 5.38. The smallest absolute Gasteiger partial charge is 0.0167 e. The molecular weight excluding hydrogens is 146 g/mol. The van der Waals surface area contributed by atoms with E-state index < -0.39 is 0 Å². The minimum Gasteiger partial charge on any atom is -0.327 e. The molecule has 0 heterocycles. The molecule has 5 atom stereocenters. The Hall–Kier alpha value is -0.0400. The Balaban J connectivity index is 1.98. The van der Waals surface area contributed by atoms with E-state index in [1.54, 1.807) is 0 Å². The highest BCUT2D eigenvalue weighted by Crippen LogP contribution is 2.84. The molecule has 3 aliphatic rings. The highest BCUT2D eigenvalue weighted by molar-refractivity contribution is 5.34. The largest absolute Gasteiger partial charge is 0.327 e. The highest BCUT2D eigenvalue weighted by atomic mass is 15.0. The van der Waals surface area contributed by atoms with Crippen LogP contribution in [0.1, 0.15) is 39.5 Å². The van der Waals surface area contributed by atoms with Gasteiger partial charge in [0.2, 0.25) is 0 Å². The molecule has 3 rings (SSSR count). The molecule has 3 aliphatic carbocycles. The van der Waals surface area contributed by atoms with E-state index in [2.05, 4.69) is 13.8 Å². The lowest BCUT2D eigenvalue weighted by molar-refractivity contribution is 0.145. The van der Waals surface area contributed by atoms with Crippen molar-refractivity contribution >= 4 is 0 Å². The zero-order valence-electron chi connectivity index (χ0n) is 8.14. The predicted octanol–water partition coefficient (Wildman–Crippen LogP) is 2.16. The van der Waals surface area contributed by atoms with Crippen LogP contribution in [0.4, 0.5) is 0 Å². The van der Waals surface area contributed by atoms with Gasteiger partial charge in [-0.05, 0) is 41.9 Å². The molecule has 3 fully saturated rings. The van der Waals surface area contributed by atoms with Gasteiger partial charge in [-0.3, -0.25) is 0 Å². The standard InChI is InChI=1S/C11H19N/c1-3-7-6-8-4-5-11(8)9(12)10(7,11)2/h7-9H,3-6,12H2,1-2H3. The summed E-state index contributed by atoms with van der Waals surface area (Å²) in [6.45, 7) is 4.78. The third-order valence-electron chi connectivity index (χ3n) is 5.67. The van der Waals surface area contributed by atoms with Gasteiger partial charge in [-0.2, -0.15) is 0 Å². The van der Waals surface area contributed by atoms with Crippen LogP contribution in [0.25, 0.3) is 0 Å². The summed E-state index contributed by atoms with van der Waals surface area (Å²) in [4.78, 5) is 0. The Bertz CT molecular complexity index is 233. The lowest BCUT2D eigenvalue weighted by Gasteiger charge is -2.35. The van der Waals surface area contributed by atoms with E-state index in [0.717, 1.165) is 11.8 Å². The van der Waals surface area contributed by atoms with Crippen LogP contribution >= 0.6 is 0 Å². The number of hydrogen-bond acceptors (Lipinski definition) is 1. The third kappa shape index (κ3) is 0.433. The third-order valence-corrected chi connectivity index (χ3v) is 5.67. The fourth-order valence-corrected chi connectivity index (χ4v) is 4.70. The quantitative estimate of drug-likeness (QED) is 0.633. The van der Waals surface area contributed by atoms with E-state index in [0.29, 0.717) is 16.9 Å². The summed E-state index contributed by atoms with van der Waals surface area (Å²) < 4.78 is 0. The molecule has 2 N–H and O–H groups in total. The maximum atomic E-state index is 6.25. The zero-order valence-corrected chi connectivity index (χ0v) is 8.14. The van der Waals surface area contributed by atoms with Crippen LogP contribution in [0.15, 0.2) is 0 Å². The van der Waals surface area contributed by atoms with Crippen LogP contribution in [-0.4, -0.2) is 6.04 Å². The van der Waals surface area contributed by atoms with Gasteiger partial charge in [0.05, 0.1) is 0 Å². The van der Waals surface area contributed by atoms with Crippen molar-refractivity contribution in [3.8, 4) is 0 Å². The van der Waals surface area contributed by atoms with E-state index in [4.69, 9.17) is 5.73 Å². The zero-order chi connectivity index (χ0) is 8.56. The van der Waals surface area contributed by atoms with Crippen molar-refractivity contribution in [3.05, 3.63) is 0 Å². The lowest BCUT2D eigenvalue weighted by atomic mass is 9.70. The highest BCUT2D eigenvalue weighted by Gasteiger charge is 2.83. The normalized spacial score (nSPS) is 66.8. The van der Waals surface area contributed by atoms with E-state index in [1.807, 2.05) is 0 Å². The summed E-state index contributed by atoms with van der Waals surface area (Å²) in [6, 6.07) is 0.558. The van der Waals surface area contributed by atoms with Gasteiger partial charge in [0.25, 0.3) is 0 Å². The van der Waals surface area contributed by atoms with Gasteiger partial charge in [-0.1, -0.05) is 20.3 Å². The molecule has 68 valence electrons. The SMILES string of the molecule is CCC1CC2CCC23C(N)C13C. The number of rotatable bonds is 1. The molecule has 0 bridgehead atoms. The Morgan fingerprint density at radius 1 is 1.50 bits per heavy atom. The monoisotopic (exact) mass is 165 g/mol. The van der Waals surface area contributed by atoms with Gasteiger partial charge >= 0.3 is 0 Å². The minimum absolute atomic E-state index is 0.558. The Morgan fingerprint density at radius 2 is 2.25 bits per heavy atom. The predicted molar refractivity (Wildman–Crippen MR) is 49.6 cm³/mol. The first-order valence-electron chi connectivity index (χ1n) is 5.43. The molecule has 0 aromatic rings. The summed E-state index contributed by atoms with van der Waals surface area (Å²) in [7, 11) is 0. The van der Waals surface area contributed by atoms with Crippen LogP contribution in [0.3, 0.4) is 0 Å². The van der Waals surface area contributed by atoms with Crippen LogP contribution in [0.2, 0.25) is 0 Å². The molecule has 3 saturated carbocycles. The van der Waals surface area contributed by atoms with Gasteiger partial charge < -0.3 is 5.73 Å².